The maximum absolute atomic E-state index is 12.7. The van der Waals surface area contributed by atoms with Gasteiger partial charge in [0, 0.05) is 37.0 Å². The third kappa shape index (κ3) is 4.37. The topological polar surface area (TPSA) is 56.6 Å². The van der Waals surface area contributed by atoms with Gasteiger partial charge in [0.05, 0.1) is 18.8 Å². The van der Waals surface area contributed by atoms with Gasteiger partial charge < -0.3 is 9.47 Å². The Balaban J connectivity index is 1.57. The average Bonchev–Trinajstić information content (AvgIpc) is 3.19. The van der Waals surface area contributed by atoms with Crippen molar-refractivity contribution in [1.82, 2.24) is 14.7 Å². The highest BCUT2D eigenvalue weighted by Gasteiger charge is 2.43. The van der Waals surface area contributed by atoms with Gasteiger partial charge in [0.1, 0.15) is 5.75 Å². The zero-order chi connectivity index (χ0) is 21.3. The first-order valence-corrected chi connectivity index (χ1v) is 10.1. The maximum Gasteiger partial charge on any atom is 0.491 e. The van der Waals surface area contributed by atoms with Gasteiger partial charge in [-0.05, 0) is 37.1 Å². The molecule has 0 bridgehead atoms. The molecule has 1 aliphatic carbocycles. The molecule has 0 saturated carbocycles. The van der Waals surface area contributed by atoms with E-state index >= 15 is 0 Å². The number of halogens is 3. The summed E-state index contributed by atoms with van der Waals surface area (Å²) in [5, 5.41) is 4.25. The van der Waals surface area contributed by atoms with Crippen molar-refractivity contribution in [2.75, 3.05) is 13.1 Å². The number of rotatable bonds is 5. The minimum absolute atomic E-state index is 0.0342. The molecule has 162 valence electrons. The first-order chi connectivity index (χ1) is 14.3. The number of nitrogens with zero attached hydrogens (tertiary/aromatic N) is 3. The summed E-state index contributed by atoms with van der Waals surface area (Å²) in [7, 11) is 0. The number of carbonyl (C=O) groups is 1. The van der Waals surface area contributed by atoms with Crippen molar-refractivity contribution in [3.8, 4) is 5.75 Å². The number of carbonyl (C=O) groups excluding carboxylic acids is 1. The minimum Gasteiger partial charge on any atom is -0.420 e. The molecule has 1 aromatic carbocycles. The number of esters is 1. The first-order valence-electron chi connectivity index (χ1n) is 10.1. The largest absolute Gasteiger partial charge is 0.491 e. The molecule has 1 fully saturated rings. The summed E-state index contributed by atoms with van der Waals surface area (Å²) in [6, 6.07) is 6.92. The summed E-state index contributed by atoms with van der Waals surface area (Å²) in [6.45, 7) is 4.41. The lowest BCUT2D eigenvalue weighted by molar-refractivity contribution is -0.189. The van der Waals surface area contributed by atoms with Crippen LogP contribution in [0.4, 0.5) is 13.2 Å². The second kappa shape index (κ2) is 8.39. The summed E-state index contributed by atoms with van der Waals surface area (Å²) in [4.78, 5) is 13.8. The molecule has 2 aliphatic rings. The average molecular weight is 423 g/mol. The fourth-order valence-corrected chi connectivity index (χ4v) is 4.43. The smallest absolute Gasteiger partial charge is 0.420 e. The predicted molar refractivity (Wildman–Crippen MR) is 102 cm³/mol. The van der Waals surface area contributed by atoms with Crippen LogP contribution in [0, 0.1) is 0 Å². The van der Waals surface area contributed by atoms with Gasteiger partial charge in [-0.15, -0.1) is 0 Å². The molecule has 0 radical (unpaired) electrons. The standard InChI is InChI=1S/C21H24F3N3O3/c1-2-8-26-12-15(13-27-9-4-7-25-27)29-19-11-16-14(10-17(19)26)5-3-6-18(16)30-20(28)21(22,23)24/h3-7,9,15,17,19H,2,8,10-13H2,1H3/t15-,17+,19+/m1/s1. The Bertz CT molecular complexity index is 885. The van der Waals surface area contributed by atoms with Crippen LogP contribution in [0.3, 0.4) is 0 Å². The van der Waals surface area contributed by atoms with E-state index in [9.17, 15) is 18.0 Å². The second-order valence-corrected chi connectivity index (χ2v) is 7.78. The summed E-state index contributed by atoms with van der Waals surface area (Å²) in [5.41, 5.74) is 1.52. The van der Waals surface area contributed by atoms with Gasteiger partial charge in [0.2, 0.25) is 0 Å². The van der Waals surface area contributed by atoms with E-state index in [0.29, 0.717) is 24.9 Å². The van der Waals surface area contributed by atoms with Crippen LogP contribution in [0.2, 0.25) is 0 Å². The first kappa shape index (κ1) is 20.9. The highest BCUT2D eigenvalue weighted by Crippen LogP contribution is 2.36. The van der Waals surface area contributed by atoms with E-state index in [1.165, 1.54) is 6.07 Å². The molecule has 0 amide bonds. The number of ether oxygens (including phenoxy) is 2. The molecule has 2 heterocycles. The molecule has 0 unspecified atom stereocenters. The second-order valence-electron chi connectivity index (χ2n) is 7.78. The Labute approximate surface area is 172 Å². The van der Waals surface area contributed by atoms with Crippen molar-refractivity contribution in [3.63, 3.8) is 0 Å². The summed E-state index contributed by atoms with van der Waals surface area (Å²) >= 11 is 0. The molecule has 0 N–H and O–H groups in total. The van der Waals surface area contributed by atoms with Crippen LogP contribution in [-0.2, 0) is 28.9 Å². The normalized spacial score (nSPS) is 24.2. The lowest BCUT2D eigenvalue weighted by atomic mass is 9.83. The predicted octanol–water partition coefficient (Wildman–Crippen LogP) is 3.00. The SMILES string of the molecule is CCCN1C[C@H](Cn2cccn2)O[C@H]2Cc3c(cccc3OC(=O)C(F)(F)F)C[C@@H]21. The number of hydrogen-bond donors (Lipinski definition) is 0. The van der Waals surface area contributed by atoms with E-state index in [-0.39, 0.29) is 24.0 Å². The third-order valence-electron chi connectivity index (χ3n) is 5.66. The van der Waals surface area contributed by atoms with Crippen LogP contribution in [0.5, 0.6) is 5.75 Å². The van der Waals surface area contributed by atoms with Crippen LogP contribution in [0.15, 0.2) is 36.7 Å². The molecule has 30 heavy (non-hydrogen) atoms. The Morgan fingerprint density at radius 3 is 2.83 bits per heavy atom. The van der Waals surface area contributed by atoms with E-state index in [2.05, 4.69) is 16.9 Å². The fraction of sp³-hybridized carbons (Fsp3) is 0.524. The van der Waals surface area contributed by atoms with Crippen LogP contribution in [0.1, 0.15) is 24.5 Å². The monoisotopic (exact) mass is 423 g/mol. The molecule has 1 saturated heterocycles. The Hall–Kier alpha value is -2.39. The van der Waals surface area contributed by atoms with Crippen LogP contribution < -0.4 is 4.74 Å². The molecule has 1 aliphatic heterocycles. The van der Waals surface area contributed by atoms with Gasteiger partial charge in [-0.1, -0.05) is 19.1 Å². The van der Waals surface area contributed by atoms with Crippen LogP contribution in [0.25, 0.3) is 0 Å². The highest BCUT2D eigenvalue weighted by atomic mass is 19.4. The summed E-state index contributed by atoms with van der Waals surface area (Å²) < 4.78 is 50.9. The van der Waals surface area contributed by atoms with E-state index in [4.69, 9.17) is 9.47 Å². The van der Waals surface area contributed by atoms with Crippen molar-refractivity contribution in [2.24, 2.45) is 0 Å². The Morgan fingerprint density at radius 1 is 1.30 bits per heavy atom. The van der Waals surface area contributed by atoms with Crippen molar-refractivity contribution < 1.29 is 27.4 Å². The quantitative estimate of drug-likeness (QED) is 0.547. The van der Waals surface area contributed by atoms with Crippen molar-refractivity contribution >= 4 is 5.97 Å². The van der Waals surface area contributed by atoms with E-state index in [0.717, 1.165) is 25.1 Å². The molecule has 9 heteroatoms. The fourth-order valence-electron chi connectivity index (χ4n) is 4.43. The Morgan fingerprint density at radius 2 is 2.13 bits per heavy atom. The zero-order valence-electron chi connectivity index (χ0n) is 16.6. The minimum atomic E-state index is -5.03. The molecule has 2 aromatic rings. The highest BCUT2D eigenvalue weighted by molar-refractivity contribution is 5.78. The summed E-state index contributed by atoms with van der Waals surface area (Å²) in [6.07, 6.45) is 0.330. The molecule has 1 aromatic heterocycles. The molecule has 4 rings (SSSR count). The van der Waals surface area contributed by atoms with Crippen molar-refractivity contribution in [1.29, 1.82) is 0 Å². The van der Waals surface area contributed by atoms with Crippen molar-refractivity contribution in [2.45, 2.75) is 57.2 Å². The lowest BCUT2D eigenvalue weighted by Crippen LogP contribution is -2.58. The van der Waals surface area contributed by atoms with E-state index in [1.807, 2.05) is 23.0 Å². The van der Waals surface area contributed by atoms with Gasteiger partial charge in [-0.2, -0.15) is 18.3 Å². The van der Waals surface area contributed by atoms with Gasteiger partial charge >= 0.3 is 12.1 Å². The van der Waals surface area contributed by atoms with E-state index < -0.39 is 12.1 Å². The van der Waals surface area contributed by atoms with Crippen LogP contribution >= 0.6 is 0 Å². The van der Waals surface area contributed by atoms with Gasteiger partial charge in [0.15, 0.2) is 0 Å². The van der Waals surface area contributed by atoms with Gasteiger partial charge in [0.25, 0.3) is 0 Å². The number of benzene rings is 1. The number of hydrogen-bond acceptors (Lipinski definition) is 5. The van der Waals surface area contributed by atoms with E-state index in [1.54, 1.807) is 12.3 Å². The van der Waals surface area contributed by atoms with Crippen LogP contribution in [-0.4, -0.2) is 58.2 Å². The molecule has 6 nitrogen and oxygen atoms in total. The Kier molecular flexibility index (Phi) is 5.84. The zero-order valence-corrected chi connectivity index (χ0v) is 16.6. The number of morpholine rings is 1. The van der Waals surface area contributed by atoms with Crippen molar-refractivity contribution in [3.05, 3.63) is 47.8 Å². The molecule has 3 atom stereocenters. The van der Waals surface area contributed by atoms with Gasteiger partial charge in [-0.25, -0.2) is 4.79 Å². The number of aromatic nitrogens is 2. The molecular weight excluding hydrogens is 399 g/mol. The third-order valence-corrected chi connectivity index (χ3v) is 5.66. The molecular formula is C21H24F3N3O3. The summed E-state index contributed by atoms with van der Waals surface area (Å²) in [5.74, 6) is -2.24. The molecule has 0 spiro atoms. The number of fused-ring (bicyclic) bond motifs is 2. The maximum atomic E-state index is 12.7. The van der Waals surface area contributed by atoms with Gasteiger partial charge in [-0.3, -0.25) is 9.58 Å². The lowest BCUT2D eigenvalue weighted by Gasteiger charge is -2.47. The number of alkyl halides is 3.